The Bertz CT molecular complexity index is 611. The van der Waals surface area contributed by atoms with Crippen LogP contribution in [0.5, 0.6) is 0 Å². The maximum absolute atomic E-state index is 11.1. The van der Waals surface area contributed by atoms with Crippen LogP contribution in [0, 0.1) is 0 Å². The van der Waals surface area contributed by atoms with Crippen LogP contribution in [0.1, 0.15) is 84.5 Å². The number of carbonyl (C=O) groups is 2. The molecule has 1 rings (SSSR count). The van der Waals surface area contributed by atoms with Gasteiger partial charge in [-0.1, -0.05) is 64.7 Å². The lowest BCUT2D eigenvalue weighted by atomic mass is 10.1. The number of aliphatic carboxylic acids is 2. The number of carboxylic acids is 2. The molecule has 1 aliphatic rings. The fourth-order valence-electron chi connectivity index (χ4n) is 3.70. The molecule has 0 saturated heterocycles. The van der Waals surface area contributed by atoms with E-state index in [9.17, 15) is 19.8 Å². The molecule has 0 aromatic carbocycles. The Labute approximate surface area is 194 Å². The Hall–Kier alpha value is -1.77. The number of hydrogen-bond acceptors (Lipinski definition) is 5. The number of likely N-dealkylation sites (N-methyl/N-ethyl adjacent to an activating group) is 1. The van der Waals surface area contributed by atoms with Crippen LogP contribution in [0.3, 0.4) is 0 Å². The number of carbonyl (C=O) groups excluding carboxylic acids is 1. The van der Waals surface area contributed by atoms with E-state index in [1.807, 2.05) is 0 Å². The SMILES string of the molecule is CCCCCCCCCCCCC1=NC=C[N+]1(CC(=O)O)C(C)O.C[N+](C)(C)CC(=O)[O-]. The Morgan fingerprint density at radius 3 is 1.91 bits per heavy atom. The van der Waals surface area contributed by atoms with Gasteiger partial charge in [-0.25, -0.2) is 14.3 Å². The molecule has 2 unspecified atom stereocenters. The summed E-state index contributed by atoms with van der Waals surface area (Å²) in [6, 6.07) is 0. The Morgan fingerprint density at radius 2 is 1.53 bits per heavy atom. The summed E-state index contributed by atoms with van der Waals surface area (Å²) in [4.78, 5) is 25.3. The molecule has 8 heteroatoms. The number of aliphatic imine (C=N–C) groups is 1. The van der Waals surface area contributed by atoms with Gasteiger partial charge in [-0.15, -0.1) is 0 Å². The first kappa shape index (κ1) is 30.2. The number of nitrogens with zero attached hydrogens (tertiary/aromatic N) is 3. The highest BCUT2D eigenvalue weighted by Crippen LogP contribution is 2.24. The molecule has 186 valence electrons. The number of rotatable bonds is 16. The molecule has 0 aromatic heterocycles. The topological polar surface area (TPSA) is 110 Å². The minimum Gasteiger partial charge on any atom is -0.544 e. The standard InChI is InChI=1S/C19H34N2O3.C5H11NO2/c1-3-4-5-6-7-8-9-10-11-12-13-18-20-14-15-21(18,17(2)22)16-19(23)24;1-6(2,3)4-5(7)8/h14-15,17,22H,3-13,16H2,1-2H3;4H2,1-3H3/p+1. The molecule has 0 saturated carbocycles. The van der Waals surface area contributed by atoms with Crippen molar-refractivity contribution in [1.29, 1.82) is 0 Å². The second-order valence-electron chi connectivity index (χ2n) is 9.71. The number of aliphatic hydroxyl groups excluding tert-OH is 1. The molecule has 0 spiro atoms. The molecule has 1 heterocycles. The molecule has 0 bridgehead atoms. The van der Waals surface area contributed by atoms with Crippen molar-refractivity contribution in [3.63, 3.8) is 0 Å². The molecular weight excluding hydrogens is 410 g/mol. The van der Waals surface area contributed by atoms with Crippen LogP contribution in [-0.2, 0) is 9.59 Å². The number of carboxylic acid groups (broad SMARTS) is 2. The Balaban J connectivity index is 0.00000102. The number of unbranched alkanes of at least 4 members (excludes halogenated alkanes) is 9. The van der Waals surface area contributed by atoms with Crippen LogP contribution >= 0.6 is 0 Å². The van der Waals surface area contributed by atoms with Crippen molar-refractivity contribution >= 4 is 17.8 Å². The van der Waals surface area contributed by atoms with Crippen molar-refractivity contribution < 1.29 is 33.9 Å². The summed E-state index contributed by atoms with van der Waals surface area (Å²) >= 11 is 0. The molecule has 0 amide bonds. The predicted octanol–water partition coefficient (Wildman–Crippen LogP) is 2.86. The summed E-state index contributed by atoms with van der Waals surface area (Å²) in [5.74, 6) is -1.15. The predicted molar refractivity (Wildman–Crippen MR) is 125 cm³/mol. The number of amidine groups is 1. The molecule has 2 atom stereocenters. The first-order valence-electron chi connectivity index (χ1n) is 12.0. The van der Waals surface area contributed by atoms with E-state index in [-0.39, 0.29) is 17.6 Å². The highest BCUT2D eigenvalue weighted by molar-refractivity contribution is 5.81. The van der Waals surface area contributed by atoms with Gasteiger partial charge in [0, 0.05) is 13.3 Å². The third-order valence-electron chi connectivity index (χ3n) is 5.46. The lowest BCUT2D eigenvalue weighted by Gasteiger charge is -2.33. The zero-order valence-electron chi connectivity index (χ0n) is 20.9. The smallest absolute Gasteiger partial charge is 0.360 e. The quantitative estimate of drug-likeness (QED) is 0.274. The fourth-order valence-corrected chi connectivity index (χ4v) is 3.70. The van der Waals surface area contributed by atoms with Crippen LogP contribution < -0.4 is 5.11 Å². The zero-order valence-corrected chi connectivity index (χ0v) is 20.9. The molecular formula is C24H46N3O5+. The lowest BCUT2D eigenvalue weighted by Crippen LogP contribution is -2.55. The summed E-state index contributed by atoms with van der Waals surface area (Å²) in [5.41, 5.74) is 0. The van der Waals surface area contributed by atoms with Gasteiger partial charge in [-0.05, 0) is 6.42 Å². The average Bonchev–Trinajstić information content (AvgIpc) is 3.05. The van der Waals surface area contributed by atoms with Gasteiger partial charge < -0.3 is 24.6 Å². The monoisotopic (exact) mass is 456 g/mol. The van der Waals surface area contributed by atoms with Gasteiger partial charge in [0.05, 0.1) is 33.3 Å². The Morgan fingerprint density at radius 1 is 1.03 bits per heavy atom. The molecule has 2 N–H and O–H groups in total. The van der Waals surface area contributed by atoms with Crippen molar-refractivity contribution in [1.82, 2.24) is 0 Å². The van der Waals surface area contributed by atoms with Gasteiger partial charge in [-0.2, -0.15) is 0 Å². The average molecular weight is 457 g/mol. The van der Waals surface area contributed by atoms with Crippen LogP contribution in [-0.4, -0.2) is 77.4 Å². The molecule has 0 aliphatic carbocycles. The molecule has 0 fully saturated rings. The number of aliphatic hydroxyl groups is 1. The first-order valence-corrected chi connectivity index (χ1v) is 12.0. The van der Waals surface area contributed by atoms with E-state index >= 15 is 0 Å². The van der Waals surface area contributed by atoms with Crippen molar-refractivity contribution in [2.24, 2.45) is 4.99 Å². The summed E-state index contributed by atoms with van der Waals surface area (Å²) in [5, 5.41) is 29.1. The lowest BCUT2D eigenvalue weighted by molar-refractivity contribution is -0.864. The summed E-state index contributed by atoms with van der Waals surface area (Å²) in [6.45, 7) is 3.79. The van der Waals surface area contributed by atoms with Gasteiger partial charge in [0.2, 0.25) is 5.84 Å². The van der Waals surface area contributed by atoms with Gasteiger partial charge in [-0.3, -0.25) is 0 Å². The summed E-state index contributed by atoms with van der Waals surface area (Å²) < 4.78 is 0.370. The zero-order chi connectivity index (χ0) is 24.6. The van der Waals surface area contributed by atoms with Gasteiger partial charge in [0.25, 0.3) is 0 Å². The van der Waals surface area contributed by atoms with E-state index in [2.05, 4.69) is 11.9 Å². The van der Waals surface area contributed by atoms with Crippen molar-refractivity contribution in [2.45, 2.75) is 90.7 Å². The van der Waals surface area contributed by atoms with Gasteiger partial charge >= 0.3 is 5.97 Å². The van der Waals surface area contributed by atoms with E-state index in [0.29, 0.717) is 4.48 Å². The molecule has 8 nitrogen and oxygen atoms in total. The van der Waals surface area contributed by atoms with Crippen LogP contribution in [0.4, 0.5) is 0 Å². The molecule has 32 heavy (non-hydrogen) atoms. The van der Waals surface area contributed by atoms with Gasteiger partial charge in [0.15, 0.2) is 12.8 Å². The molecule has 0 aromatic rings. The van der Waals surface area contributed by atoms with E-state index in [0.717, 1.165) is 25.1 Å². The van der Waals surface area contributed by atoms with Crippen molar-refractivity contribution in [3.05, 3.63) is 12.4 Å². The minimum absolute atomic E-state index is 0.0488. The van der Waals surface area contributed by atoms with E-state index in [4.69, 9.17) is 5.11 Å². The minimum atomic E-state index is -1.00. The van der Waals surface area contributed by atoms with Gasteiger partial charge in [0.1, 0.15) is 12.7 Å². The third kappa shape index (κ3) is 13.6. The maximum Gasteiger partial charge on any atom is 0.360 e. The highest BCUT2D eigenvalue weighted by atomic mass is 16.4. The van der Waals surface area contributed by atoms with E-state index < -0.39 is 18.2 Å². The third-order valence-corrected chi connectivity index (χ3v) is 5.46. The molecule has 0 radical (unpaired) electrons. The van der Waals surface area contributed by atoms with E-state index in [1.54, 1.807) is 40.5 Å². The second kappa shape index (κ2) is 15.9. The van der Waals surface area contributed by atoms with Crippen LogP contribution in [0.15, 0.2) is 17.4 Å². The van der Waals surface area contributed by atoms with Crippen molar-refractivity contribution in [3.8, 4) is 0 Å². The summed E-state index contributed by atoms with van der Waals surface area (Å²) in [6.07, 6.45) is 16.0. The first-order chi connectivity index (χ1) is 14.9. The van der Waals surface area contributed by atoms with Crippen LogP contribution in [0.25, 0.3) is 0 Å². The molecule has 1 aliphatic heterocycles. The largest absolute Gasteiger partial charge is 0.544 e. The highest BCUT2D eigenvalue weighted by Gasteiger charge is 2.41. The Kier molecular flexibility index (Phi) is 15.1. The van der Waals surface area contributed by atoms with Crippen molar-refractivity contribution in [2.75, 3.05) is 34.2 Å². The fraction of sp³-hybridized carbons (Fsp3) is 0.792. The summed E-state index contributed by atoms with van der Waals surface area (Å²) in [7, 11) is 5.40. The number of hydrogen-bond donors (Lipinski definition) is 2. The van der Waals surface area contributed by atoms with E-state index in [1.165, 1.54) is 51.4 Å². The normalized spacial score (nSPS) is 18.6. The van der Waals surface area contributed by atoms with Crippen LogP contribution in [0.2, 0.25) is 0 Å². The second-order valence-corrected chi connectivity index (χ2v) is 9.71. The maximum atomic E-state index is 11.1. The number of quaternary nitrogens is 2.